The number of nitrogens with zero attached hydrogens (tertiary/aromatic N) is 2. The SMILES string of the molecule is CC1(NCCCn2ccnc2)CCCC1. The van der Waals surface area contributed by atoms with Gasteiger partial charge in [-0.25, -0.2) is 4.98 Å². The molecular formula is C12H21N3. The summed E-state index contributed by atoms with van der Waals surface area (Å²) in [6.07, 6.45) is 12.4. The van der Waals surface area contributed by atoms with Gasteiger partial charge in [0.1, 0.15) is 0 Å². The Morgan fingerprint density at radius 3 is 2.87 bits per heavy atom. The summed E-state index contributed by atoms with van der Waals surface area (Å²) in [5.41, 5.74) is 0.426. The molecule has 0 aliphatic heterocycles. The third kappa shape index (κ3) is 3.06. The molecule has 0 atom stereocenters. The van der Waals surface area contributed by atoms with Crippen LogP contribution < -0.4 is 5.32 Å². The van der Waals surface area contributed by atoms with Crippen molar-refractivity contribution in [2.45, 2.75) is 51.1 Å². The van der Waals surface area contributed by atoms with Gasteiger partial charge in [0, 0.05) is 24.5 Å². The lowest BCUT2D eigenvalue weighted by Gasteiger charge is -2.25. The second-order valence-corrected chi connectivity index (χ2v) is 4.85. The number of nitrogens with one attached hydrogen (secondary N) is 1. The summed E-state index contributed by atoms with van der Waals surface area (Å²) in [6, 6.07) is 0. The van der Waals surface area contributed by atoms with E-state index in [9.17, 15) is 0 Å². The molecule has 0 unspecified atom stereocenters. The van der Waals surface area contributed by atoms with Crippen molar-refractivity contribution in [3.8, 4) is 0 Å². The summed E-state index contributed by atoms with van der Waals surface area (Å²) in [4.78, 5) is 4.03. The summed E-state index contributed by atoms with van der Waals surface area (Å²) < 4.78 is 2.14. The van der Waals surface area contributed by atoms with E-state index in [1.165, 1.54) is 32.1 Å². The highest BCUT2D eigenvalue weighted by molar-refractivity contribution is 4.87. The Bertz CT molecular complexity index is 273. The molecule has 0 radical (unpaired) electrons. The van der Waals surface area contributed by atoms with Gasteiger partial charge in [-0.05, 0) is 32.7 Å². The fourth-order valence-electron chi connectivity index (χ4n) is 2.40. The van der Waals surface area contributed by atoms with E-state index < -0.39 is 0 Å². The quantitative estimate of drug-likeness (QED) is 0.750. The lowest BCUT2D eigenvalue weighted by Crippen LogP contribution is -2.40. The van der Waals surface area contributed by atoms with E-state index in [1.807, 2.05) is 18.7 Å². The highest BCUT2D eigenvalue weighted by Crippen LogP contribution is 2.28. The third-order valence-corrected chi connectivity index (χ3v) is 3.41. The molecule has 1 fully saturated rings. The molecule has 0 amide bonds. The van der Waals surface area contributed by atoms with E-state index in [0.29, 0.717) is 5.54 Å². The number of hydrogen-bond donors (Lipinski definition) is 1. The number of imidazole rings is 1. The van der Waals surface area contributed by atoms with Gasteiger partial charge in [-0.3, -0.25) is 0 Å². The van der Waals surface area contributed by atoms with Crippen LogP contribution in [0.4, 0.5) is 0 Å². The lowest BCUT2D eigenvalue weighted by atomic mass is 10.0. The number of aromatic nitrogens is 2. The van der Waals surface area contributed by atoms with Gasteiger partial charge < -0.3 is 9.88 Å². The molecule has 0 bridgehead atoms. The van der Waals surface area contributed by atoms with E-state index in [4.69, 9.17) is 0 Å². The Balaban J connectivity index is 1.62. The van der Waals surface area contributed by atoms with Gasteiger partial charge in [0.05, 0.1) is 6.33 Å². The molecule has 3 heteroatoms. The summed E-state index contributed by atoms with van der Waals surface area (Å²) in [7, 11) is 0. The van der Waals surface area contributed by atoms with Gasteiger partial charge in [0.2, 0.25) is 0 Å². The number of rotatable bonds is 5. The molecule has 1 aromatic heterocycles. The van der Waals surface area contributed by atoms with Crippen LogP contribution >= 0.6 is 0 Å². The highest BCUT2D eigenvalue weighted by atomic mass is 15.0. The largest absolute Gasteiger partial charge is 0.337 e. The molecule has 3 nitrogen and oxygen atoms in total. The molecular weight excluding hydrogens is 186 g/mol. The maximum atomic E-state index is 4.03. The van der Waals surface area contributed by atoms with Gasteiger partial charge in [0.25, 0.3) is 0 Å². The zero-order valence-corrected chi connectivity index (χ0v) is 9.58. The molecule has 1 saturated carbocycles. The van der Waals surface area contributed by atoms with Crippen molar-refractivity contribution in [2.75, 3.05) is 6.54 Å². The lowest BCUT2D eigenvalue weighted by molar-refractivity contribution is 0.358. The predicted molar refractivity (Wildman–Crippen MR) is 61.7 cm³/mol. The molecule has 0 saturated heterocycles. The van der Waals surface area contributed by atoms with Crippen molar-refractivity contribution in [3.05, 3.63) is 18.7 Å². The van der Waals surface area contributed by atoms with Gasteiger partial charge in [0.15, 0.2) is 0 Å². The van der Waals surface area contributed by atoms with Crippen molar-refractivity contribution in [1.82, 2.24) is 14.9 Å². The van der Waals surface area contributed by atoms with Crippen LogP contribution in [-0.2, 0) is 6.54 Å². The molecule has 15 heavy (non-hydrogen) atoms. The molecule has 2 rings (SSSR count). The summed E-state index contributed by atoms with van der Waals surface area (Å²) in [5, 5.41) is 3.69. The zero-order valence-electron chi connectivity index (χ0n) is 9.58. The molecule has 84 valence electrons. The van der Waals surface area contributed by atoms with Crippen LogP contribution in [0.5, 0.6) is 0 Å². The van der Waals surface area contributed by atoms with Gasteiger partial charge >= 0.3 is 0 Å². The van der Waals surface area contributed by atoms with Crippen LogP contribution in [0.1, 0.15) is 39.0 Å². The topological polar surface area (TPSA) is 29.9 Å². The van der Waals surface area contributed by atoms with Crippen LogP contribution in [0.25, 0.3) is 0 Å². The minimum absolute atomic E-state index is 0.426. The minimum atomic E-state index is 0.426. The summed E-state index contributed by atoms with van der Waals surface area (Å²) in [5.74, 6) is 0. The first-order valence-corrected chi connectivity index (χ1v) is 5.99. The summed E-state index contributed by atoms with van der Waals surface area (Å²) >= 11 is 0. The van der Waals surface area contributed by atoms with Crippen LogP contribution in [0.2, 0.25) is 0 Å². The zero-order chi connectivity index (χ0) is 10.6. The van der Waals surface area contributed by atoms with E-state index in [0.717, 1.165) is 13.1 Å². The van der Waals surface area contributed by atoms with E-state index in [-0.39, 0.29) is 0 Å². The second kappa shape index (κ2) is 4.79. The molecule has 1 aromatic rings. The van der Waals surface area contributed by atoms with Crippen LogP contribution in [-0.4, -0.2) is 21.6 Å². The predicted octanol–water partition coefficient (Wildman–Crippen LogP) is 2.20. The van der Waals surface area contributed by atoms with Crippen molar-refractivity contribution in [3.63, 3.8) is 0 Å². The van der Waals surface area contributed by atoms with E-state index in [1.54, 1.807) is 0 Å². The summed E-state index contributed by atoms with van der Waals surface area (Å²) in [6.45, 7) is 4.55. The van der Waals surface area contributed by atoms with Gasteiger partial charge in [-0.2, -0.15) is 0 Å². The fourth-order valence-corrected chi connectivity index (χ4v) is 2.40. The average Bonchev–Trinajstić information content (AvgIpc) is 2.84. The first-order valence-electron chi connectivity index (χ1n) is 5.99. The van der Waals surface area contributed by atoms with Crippen LogP contribution in [0.15, 0.2) is 18.7 Å². The molecule has 0 aromatic carbocycles. The molecule has 0 spiro atoms. The van der Waals surface area contributed by atoms with E-state index >= 15 is 0 Å². The normalized spacial score (nSPS) is 19.5. The Hall–Kier alpha value is -0.830. The standard InChI is InChI=1S/C12H21N3/c1-12(5-2-3-6-12)14-7-4-9-15-10-8-13-11-15/h8,10-11,14H,2-7,9H2,1H3. The highest BCUT2D eigenvalue weighted by Gasteiger charge is 2.27. The Kier molecular flexibility index (Phi) is 3.41. The molecule has 1 heterocycles. The van der Waals surface area contributed by atoms with Crippen molar-refractivity contribution in [1.29, 1.82) is 0 Å². The van der Waals surface area contributed by atoms with Gasteiger partial charge in [-0.15, -0.1) is 0 Å². The smallest absolute Gasteiger partial charge is 0.0945 e. The van der Waals surface area contributed by atoms with Crippen LogP contribution in [0, 0.1) is 0 Å². The second-order valence-electron chi connectivity index (χ2n) is 4.85. The Morgan fingerprint density at radius 2 is 2.20 bits per heavy atom. The average molecular weight is 207 g/mol. The number of hydrogen-bond acceptors (Lipinski definition) is 2. The Morgan fingerprint density at radius 1 is 1.40 bits per heavy atom. The fraction of sp³-hybridized carbons (Fsp3) is 0.750. The molecule has 1 N–H and O–H groups in total. The molecule has 1 aliphatic carbocycles. The minimum Gasteiger partial charge on any atom is -0.337 e. The first-order chi connectivity index (χ1) is 7.29. The maximum absolute atomic E-state index is 4.03. The maximum Gasteiger partial charge on any atom is 0.0945 e. The van der Waals surface area contributed by atoms with Gasteiger partial charge in [-0.1, -0.05) is 12.8 Å². The molecule has 1 aliphatic rings. The monoisotopic (exact) mass is 207 g/mol. The van der Waals surface area contributed by atoms with Crippen molar-refractivity contribution >= 4 is 0 Å². The first kappa shape index (κ1) is 10.7. The van der Waals surface area contributed by atoms with Crippen LogP contribution in [0.3, 0.4) is 0 Å². The van der Waals surface area contributed by atoms with Crippen molar-refractivity contribution < 1.29 is 0 Å². The third-order valence-electron chi connectivity index (χ3n) is 3.41. The Labute approximate surface area is 91.9 Å². The number of aryl methyl sites for hydroxylation is 1. The van der Waals surface area contributed by atoms with Crippen molar-refractivity contribution in [2.24, 2.45) is 0 Å². The van der Waals surface area contributed by atoms with E-state index in [2.05, 4.69) is 21.8 Å².